The van der Waals surface area contributed by atoms with E-state index in [1.165, 1.54) is 5.56 Å². The van der Waals surface area contributed by atoms with Crippen LogP contribution in [0, 0.1) is 0 Å². The number of aromatic nitrogens is 1. The molecule has 0 aliphatic rings. The Bertz CT molecular complexity index is 913. The molecule has 0 saturated heterocycles. The molecule has 30 heavy (non-hydrogen) atoms. The molecular formula is C24H32BrN3O2. The van der Waals surface area contributed by atoms with Gasteiger partial charge in [-0.3, -0.25) is 9.59 Å². The molecule has 0 bridgehead atoms. The first-order valence-electron chi connectivity index (χ1n) is 10.6. The Morgan fingerprint density at radius 3 is 2.33 bits per heavy atom. The maximum atomic E-state index is 12.6. The monoisotopic (exact) mass is 473 g/mol. The summed E-state index contributed by atoms with van der Waals surface area (Å²) in [6, 6.07) is 5.74. The van der Waals surface area contributed by atoms with Gasteiger partial charge in [-0.15, -0.1) is 13.2 Å². The summed E-state index contributed by atoms with van der Waals surface area (Å²) in [6.07, 6.45) is 7.02. The van der Waals surface area contributed by atoms with E-state index < -0.39 is 0 Å². The first-order valence-corrected chi connectivity index (χ1v) is 11.4. The average Bonchev–Trinajstić information content (AvgIpc) is 3.01. The molecule has 1 aromatic heterocycles. The number of carbonyl (C=O) groups excluding carboxylic acids is 2. The highest BCUT2D eigenvalue weighted by Gasteiger charge is 2.23. The Morgan fingerprint density at radius 1 is 1.10 bits per heavy atom. The highest BCUT2D eigenvalue weighted by atomic mass is 79.9. The van der Waals surface area contributed by atoms with Crippen LogP contribution in [-0.4, -0.2) is 29.5 Å². The lowest BCUT2D eigenvalue weighted by Crippen LogP contribution is -2.28. The fourth-order valence-corrected chi connectivity index (χ4v) is 4.48. The number of rotatable bonds is 12. The zero-order valence-corrected chi connectivity index (χ0v) is 19.6. The molecule has 0 aliphatic carbocycles. The predicted octanol–water partition coefficient (Wildman–Crippen LogP) is 5.31. The van der Waals surface area contributed by atoms with Crippen LogP contribution in [0.15, 0.2) is 48.1 Å². The maximum Gasteiger partial charge on any atom is 0.251 e. The van der Waals surface area contributed by atoms with Crippen molar-refractivity contribution in [1.82, 2.24) is 15.2 Å². The van der Waals surface area contributed by atoms with Crippen molar-refractivity contribution >= 4 is 38.6 Å². The fraction of sp³-hybridized carbons (Fsp3) is 0.417. The van der Waals surface area contributed by atoms with E-state index in [0.29, 0.717) is 24.6 Å². The van der Waals surface area contributed by atoms with Crippen molar-refractivity contribution in [1.29, 1.82) is 0 Å². The smallest absolute Gasteiger partial charge is 0.251 e. The molecule has 2 aromatic rings. The SMILES string of the molecule is C=CCCNC(=O)Cn1c(Br)c(C(CC)CC)c2ccc(C(=O)NCCC=C)cc21. The second-order valence-electron chi connectivity index (χ2n) is 7.30. The summed E-state index contributed by atoms with van der Waals surface area (Å²) >= 11 is 3.76. The van der Waals surface area contributed by atoms with Gasteiger partial charge >= 0.3 is 0 Å². The Kier molecular flexibility index (Phi) is 9.37. The van der Waals surface area contributed by atoms with E-state index in [2.05, 4.69) is 53.6 Å². The van der Waals surface area contributed by atoms with Gasteiger partial charge in [0.25, 0.3) is 5.91 Å². The van der Waals surface area contributed by atoms with Crippen molar-refractivity contribution in [2.45, 2.75) is 52.0 Å². The fourth-order valence-electron chi connectivity index (χ4n) is 3.63. The van der Waals surface area contributed by atoms with Crippen molar-refractivity contribution in [3.63, 3.8) is 0 Å². The zero-order valence-electron chi connectivity index (χ0n) is 18.0. The van der Waals surface area contributed by atoms with Crippen LogP contribution in [0.5, 0.6) is 0 Å². The molecule has 1 heterocycles. The van der Waals surface area contributed by atoms with Crippen LogP contribution >= 0.6 is 15.9 Å². The van der Waals surface area contributed by atoms with E-state index in [-0.39, 0.29) is 18.4 Å². The second-order valence-corrected chi connectivity index (χ2v) is 8.05. The van der Waals surface area contributed by atoms with Crippen LogP contribution < -0.4 is 10.6 Å². The zero-order chi connectivity index (χ0) is 22.1. The van der Waals surface area contributed by atoms with Crippen molar-refractivity contribution in [2.24, 2.45) is 0 Å². The number of fused-ring (bicyclic) bond motifs is 1. The van der Waals surface area contributed by atoms with E-state index in [0.717, 1.165) is 41.2 Å². The van der Waals surface area contributed by atoms with E-state index in [1.807, 2.05) is 22.8 Å². The molecule has 2 amide bonds. The van der Waals surface area contributed by atoms with Gasteiger partial charge in [0.05, 0.1) is 10.1 Å². The number of hydrogen-bond acceptors (Lipinski definition) is 2. The average molecular weight is 474 g/mol. The molecule has 0 spiro atoms. The van der Waals surface area contributed by atoms with Gasteiger partial charge in [-0.05, 0) is 65.2 Å². The third kappa shape index (κ3) is 5.63. The number of hydrogen-bond donors (Lipinski definition) is 2. The molecule has 0 atom stereocenters. The molecule has 0 radical (unpaired) electrons. The third-order valence-electron chi connectivity index (χ3n) is 5.30. The van der Waals surface area contributed by atoms with E-state index >= 15 is 0 Å². The molecule has 162 valence electrons. The Morgan fingerprint density at radius 2 is 1.73 bits per heavy atom. The van der Waals surface area contributed by atoms with E-state index in [1.54, 1.807) is 12.2 Å². The summed E-state index contributed by atoms with van der Waals surface area (Å²) in [5, 5.41) is 6.91. The molecule has 0 aliphatic heterocycles. The molecule has 6 heteroatoms. The van der Waals surface area contributed by atoms with Gasteiger partial charge in [0, 0.05) is 24.0 Å². The number of halogens is 1. The third-order valence-corrected chi connectivity index (χ3v) is 6.16. The normalized spacial score (nSPS) is 10.9. The summed E-state index contributed by atoms with van der Waals surface area (Å²) in [5.74, 6) is 0.188. The van der Waals surface area contributed by atoms with Crippen LogP contribution in [0.4, 0.5) is 0 Å². The van der Waals surface area contributed by atoms with E-state index in [9.17, 15) is 9.59 Å². The van der Waals surface area contributed by atoms with Gasteiger partial charge in [0.15, 0.2) is 0 Å². The Hall–Kier alpha value is -2.34. The van der Waals surface area contributed by atoms with Gasteiger partial charge < -0.3 is 15.2 Å². The lowest BCUT2D eigenvalue weighted by atomic mass is 9.93. The summed E-state index contributed by atoms with van der Waals surface area (Å²) in [7, 11) is 0. The van der Waals surface area contributed by atoms with Gasteiger partial charge in [-0.25, -0.2) is 0 Å². The van der Waals surface area contributed by atoms with Gasteiger partial charge in [-0.1, -0.05) is 32.1 Å². The van der Waals surface area contributed by atoms with Crippen molar-refractivity contribution in [3.8, 4) is 0 Å². The minimum absolute atomic E-state index is 0.0635. The first-order chi connectivity index (χ1) is 14.5. The number of benzene rings is 1. The highest BCUT2D eigenvalue weighted by molar-refractivity contribution is 9.10. The van der Waals surface area contributed by atoms with Crippen LogP contribution in [-0.2, 0) is 11.3 Å². The summed E-state index contributed by atoms with van der Waals surface area (Å²) in [5.41, 5.74) is 2.67. The molecule has 0 saturated carbocycles. The van der Waals surface area contributed by atoms with Gasteiger partial charge in [0.1, 0.15) is 6.54 Å². The molecule has 1 aromatic carbocycles. The lowest BCUT2D eigenvalue weighted by Gasteiger charge is -2.13. The largest absolute Gasteiger partial charge is 0.354 e. The molecule has 2 N–H and O–H groups in total. The molecule has 2 rings (SSSR count). The second kappa shape index (κ2) is 11.7. The highest BCUT2D eigenvalue weighted by Crippen LogP contribution is 2.39. The van der Waals surface area contributed by atoms with Crippen LogP contribution in [0.1, 0.15) is 61.4 Å². The van der Waals surface area contributed by atoms with Crippen LogP contribution in [0.2, 0.25) is 0 Å². The topological polar surface area (TPSA) is 63.1 Å². The van der Waals surface area contributed by atoms with Crippen molar-refractivity contribution < 1.29 is 9.59 Å². The van der Waals surface area contributed by atoms with Crippen LogP contribution in [0.3, 0.4) is 0 Å². The lowest BCUT2D eigenvalue weighted by molar-refractivity contribution is -0.121. The minimum Gasteiger partial charge on any atom is -0.354 e. The summed E-state index contributed by atoms with van der Waals surface area (Å²) < 4.78 is 2.88. The van der Waals surface area contributed by atoms with Gasteiger partial charge in [-0.2, -0.15) is 0 Å². The summed E-state index contributed by atoms with van der Waals surface area (Å²) in [6.45, 7) is 13.0. The number of amides is 2. The van der Waals surface area contributed by atoms with Crippen LogP contribution in [0.25, 0.3) is 10.9 Å². The quantitative estimate of drug-likeness (QED) is 0.324. The Balaban J connectivity index is 2.47. The summed E-state index contributed by atoms with van der Waals surface area (Å²) in [4.78, 5) is 25.1. The predicted molar refractivity (Wildman–Crippen MR) is 128 cm³/mol. The molecule has 5 nitrogen and oxygen atoms in total. The molecule has 0 unspecified atom stereocenters. The number of nitrogens with one attached hydrogen (secondary N) is 2. The van der Waals surface area contributed by atoms with Gasteiger partial charge in [0.2, 0.25) is 5.91 Å². The maximum absolute atomic E-state index is 12.6. The minimum atomic E-state index is -0.123. The first kappa shape index (κ1) is 23.9. The van der Waals surface area contributed by atoms with E-state index in [4.69, 9.17) is 0 Å². The number of carbonyl (C=O) groups is 2. The standard InChI is InChI=1S/C24H32BrN3O2/c1-5-9-13-26-21(29)16-28-20-15-18(24(30)27-14-10-6-2)11-12-19(20)22(23(28)25)17(7-3)8-4/h5-6,11-12,15,17H,1-2,7-10,13-14,16H2,3-4H3,(H,26,29)(H,27,30). The van der Waals surface area contributed by atoms with Crippen molar-refractivity contribution in [2.75, 3.05) is 13.1 Å². The number of nitrogens with zero attached hydrogens (tertiary/aromatic N) is 1. The van der Waals surface area contributed by atoms with Crippen molar-refractivity contribution in [3.05, 3.63) is 59.2 Å². The molecule has 0 fully saturated rings. The molecular weight excluding hydrogens is 442 g/mol. The Labute approximate surface area is 187 Å².